The van der Waals surface area contributed by atoms with E-state index in [-0.39, 0.29) is 5.91 Å². The van der Waals surface area contributed by atoms with Gasteiger partial charge >= 0.3 is 5.97 Å². The number of benzene rings is 2. The van der Waals surface area contributed by atoms with Crippen molar-refractivity contribution in [3.8, 4) is 0 Å². The van der Waals surface area contributed by atoms with Gasteiger partial charge in [0.15, 0.2) is 0 Å². The van der Waals surface area contributed by atoms with E-state index in [2.05, 4.69) is 10.2 Å². The van der Waals surface area contributed by atoms with E-state index >= 15 is 0 Å². The molecule has 0 aliphatic carbocycles. The quantitative estimate of drug-likeness (QED) is 0.635. The van der Waals surface area contributed by atoms with Crippen molar-refractivity contribution >= 4 is 22.6 Å². The maximum absolute atomic E-state index is 12.5. The average Bonchev–Trinajstić information content (AvgIpc) is 2.57. The summed E-state index contributed by atoms with van der Waals surface area (Å²) in [4.78, 5) is 27.8. The summed E-state index contributed by atoms with van der Waals surface area (Å²) in [6, 6.07) is 12.1. The number of nitrogens with one attached hydrogen (secondary N) is 1. The van der Waals surface area contributed by atoms with E-state index in [1.54, 1.807) is 12.1 Å². The van der Waals surface area contributed by atoms with Gasteiger partial charge in [-0.2, -0.15) is 5.26 Å². The predicted octanol–water partition coefficient (Wildman–Crippen LogP) is 3.14. The van der Waals surface area contributed by atoms with E-state index in [1.807, 2.05) is 37.3 Å². The molecule has 0 aliphatic rings. The fourth-order valence-corrected chi connectivity index (χ4v) is 2.38. The summed E-state index contributed by atoms with van der Waals surface area (Å²) in [7, 11) is 0. The van der Waals surface area contributed by atoms with Gasteiger partial charge in [0.2, 0.25) is 0 Å². The lowest BCUT2D eigenvalue weighted by atomic mass is 10.0. The van der Waals surface area contributed by atoms with Crippen LogP contribution in [0.5, 0.6) is 0 Å². The van der Waals surface area contributed by atoms with Gasteiger partial charge in [-0.3, -0.25) is 9.68 Å². The van der Waals surface area contributed by atoms with Gasteiger partial charge in [0.05, 0.1) is 0 Å². The number of hydrogen-bond acceptors (Lipinski definition) is 4. The largest absolute Gasteiger partial charge is 0.364 e. The number of unbranched alkanes of at least 4 members (excludes halogenated alkanes) is 1. The minimum atomic E-state index is -0.851. The fraction of sp³-hybridized carbons (Fsp3) is 0.294. The molecular weight excluding hydrogens is 282 g/mol. The first-order chi connectivity index (χ1) is 10.7. The molecule has 5 nitrogen and oxygen atoms in total. The second-order valence-electron chi connectivity index (χ2n) is 5.11. The molecule has 0 fully saturated rings. The Bertz CT molecular complexity index is 663. The Labute approximate surface area is 128 Å². The fourth-order valence-electron chi connectivity index (χ4n) is 2.38. The summed E-state index contributed by atoms with van der Waals surface area (Å²) in [6.07, 6.45) is 2.04. The summed E-state index contributed by atoms with van der Waals surface area (Å²) in [5.41, 5.74) is 0.491. The number of carbonyl (C=O) groups excluding carboxylic acids is 2. The standard InChI is InChI=1S/C17H19NO4/c1-2-3-11-15(17(20)22-21)18-16(19)14-10-6-8-12-7-4-5-9-13(12)14/h4-10,15,21H,2-3,11H2,1H3,(H,18,19). The van der Waals surface area contributed by atoms with Crippen molar-refractivity contribution < 1.29 is 19.7 Å². The Morgan fingerprint density at radius 1 is 1.18 bits per heavy atom. The summed E-state index contributed by atoms with van der Waals surface area (Å²) in [5.74, 6) is -1.20. The zero-order chi connectivity index (χ0) is 15.9. The van der Waals surface area contributed by atoms with Crippen LogP contribution in [0.4, 0.5) is 0 Å². The van der Waals surface area contributed by atoms with Gasteiger partial charge in [-0.1, -0.05) is 56.2 Å². The molecule has 116 valence electrons. The maximum Gasteiger partial charge on any atom is 0.364 e. The first kappa shape index (κ1) is 16.0. The van der Waals surface area contributed by atoms with Gasteiger partial charge in [0.25, 0.3) is 5.91 Å². The molecule has 0 spiro atoms. The molecule has 0 aromatic heterocycles. The molecule has 2 N–H and O–H groups in total. The van der Waals surface area contributed by atoms with Crippen LogP contribution in [0.2, 0.25) is 0 Å². The smallest absolute Gasteiger partial charge is 0.338 e. The monoisotopic (exact) mass is 301 g/mol. The van der Waals surface area contributed by atoms with E-state index in [0.717, 1.165) is 23.6 Å². The lowest BCUT2D eigenvalue weighted by Crippen LogP contribution is -2.41. The lowest BCUT2D eigenvalue weighted by Gasteiger charge is -2.15. The highest BCUT2D eigenvalue weighted by Crippen LogP contribution is 2.18. The van der Waals surface area contributed by atoms with Crippen molar-refractivity contribution in [3.05, 3.63) is 48.0 Å². The zero-order valence-electron chi connectivity index (χ0n) is 12.4. The van der Waals surface area contributed by atoms with Crippen molar-refractivity contribution in [1.29, 1.82) is 0 Å². The highest BCUT2D eigenvalue weighted by atomic mass is 17.1. The number of hydrogen-bond donors (Lipinski definition) is 2. The topological polar surface area (TPSA) is 75.6 Å². The van der Waals surface area contributed by atoms with Gasteiger partial charge in [-0.15, -0.1) is 0 Å². The zero-order valence-corrected chi connectivity index (χ0v) is 12.4. The minimum Gasteiger partial charge on any atom is -0.338 e. The molecule has 0 heterocycles. The molecule has 0 radical (unpaired) electrons. The highest BCUT2D eigenvalue weighted by Gasteiger charge is 2.23. The van der Waals surface area contributed by atoms with Gasteiger partial charge < -0.3 is 5.32 Å². The maximum atomic E-state index is 12.5. The second kappa shape index (κ2) is 7.56. The molecule has 0 bridgehead atoms. The molecule has 0 saturated carbocycles. The van der Waals surface area contributed by atoms with Crippen molar-refractivity contribution in [1.82, 2.24) is 5.32 Å². The molecule has 1 unspecified atom stereocenters. The predicted molar refractivity (Wildman–Crippen MR) is 83.4 cm³/mol. The molecule has 0 saturated heterocycles. The Morgan fingerprint density at radius 2 is 1.91 bits per heavy atom. The number of amides is 1. The van der Waals surface area contributed by atoms with Crippen LogP contribution in [-0.4, -0.2) is 23.2 Å². The number of fused-ring (bicyclic) bond motifs is 1. The van der Waals surface area contributed by atoms with Gasteiger partial charge in [-0.25, -0.2) is 4.79 Å². The van der Waals surface area contributed by atoms with Gasteiger partial charge in [0.1, 0.15) is 6.04 Å². The summed E-state index contributed by atoms with van der Waals surface area (Å²) >= 11 is 0. The van der Waals surface area contributed by atoms with E-state index in [1.165, 1.54) is 0 Å². The third-order valence-electron chi connectivity index (χ3n) is 3.56. The Morgan fingerprint density at radius 3 is 2.64 bits per heavy atom. The molecule has 1 amide bonds. The van der Waals surface area contributed by atoms with E-state index in [9.17, 15) is 9.59 Å². The minimum absolute atomic E-state index is 0.358. The molecule has 2 aromatic carbocycles. The van der Waals surface area contributed by atoms with E-state index in [0.29, 0.717) is 12.0 Å². The summed E-state index contributed by atoms with van der Waals surface area (Å²) in [5, 5.41) is 13.0. The second-order valence-corrected chi connectivity index (χ2v) is 5.11. The molecule has 22 heavy (non-hydrogen) atoms. The van der Waals surface area contributed by atoms with Gasteiger partial charge in [-0.05, 0) is 23.3 Å². The lowest BCUT2D eigenvalue weighted by molar-refractivity contribution is -0.236. The first-order valence-electron chi connectivity index (χ1n) is 7.31. The normalized spacial score (nSPS) is 11.9. The Hall–Kier alpha value is -2.40. The number of carbonyl (C=O) groups is 2. The van der Waals surface area contributed by atoms with Gasteiger partial charge in [0, 0.05) is 5.56 Å². The van der Waals surface area contributed by atoms with Crippen LogP contribution in [0, 0.1) is 0 Å². The van der Waals surface area contributed by atoms with Crippen molar-refractivity contribution in [3.63, 3.8) is 0 Å². The Balaban J connectivity index is 2.23. The molecule has 0 aliphatic heterocycles. The highest BCUT2D eigenvalue weighted by molar-refractivity contribution is 6.07. The summed E-state index contributed by atoms with van der Waals surface area (Å²) in [6.45, 7) is 1.98. The van der Waals surface area contributed by atoms with Crippen LogP contribution in [0.3, 0.4) is 0 Å². The Kier molecular flexibility index (Phi) is 5.49. The SMILES string of the molecule is CCCCC(NC(=O)c1cccc2ccccc12)C(=O)OO. The molecule has 5 heteroatoms. The van der Waals surface area contributed by atoms with Crippen LogP contribution in [0.25, 0.3) is 10.8 Å². The first-order valence-corrected chi connectivity index (χ1v) is 7.31. The average molecular weight is 301 g/mol. The number of rotatable bonds is 6. The van der Waals surface area contributed by atoms with Crippen LogP contribution in [0.1, 0.15) is 36.5 Å². The molecule has 1 atom stereocenters. The van der Waals surface area contributed by atoms with E-state index in [4.69, 9.17) is 5.26 Å². The third-order valence-corrected chi connectivity index (χ3v) is 3.56. The molecule has 2 rings (SSSR count). The van der Waals surface area contributed by atoms with Crippen LogP contribution < -0.4 is 5.32 Å². The van der Waals surface area contributed by atoms with Crippen molar-refractivity contribution in [2.75, 3.05) is 0 Å². The summed E-state index contributed by atoms with van der Waals surface area (Å²) < 4.78 is 0. The van der Waals surface area contributed by atoms with Crippen LogP contribution in [0.15, 0.2) is 42.5 Å². The van der Waals surface area contributed by atoms with Crippen LogP contribution >= 0.6 is 0 Å². The van der Waals surface area contributed by atoms with Crippen LogP contribution in [-0.2, 0) is 9.68 Å². The molecule has 2 aromatic rings. The van der Waals surface area contributed by atoms with Crippen molar-refractivity contribution in [2.24, 2.45) is 0 Å². The van der Waals surface area contributed by atoms with Crippen molar-refractivity contribution in [2.45, 2.75) is 32.2 Å². The third kappa shape index (κ3) is 3.62. The molecular formula is C17H19NO4. The van der Waals surface area contributed by atoms with E-state index < -0.39 is 12.0 Å².